The van der Waals surface area contributed by atoms with Crippen LogP contribution in [0.15, 0.2) is 80.5 Å². The molecule has 12 heteroatoms. The fourth-order valence-corrected chi connectivity index (χ4v) is 6.77. The van der Waals surface area contributed by atoms with Gasteiger partial charge in [0.05, 0.1) is 21.9 Å². The van der Waals surface area contributed by atoms with Crippen molar-refractivity contribution in [2.45, 2.75) is 45.8 Å². The molecule has 0 aliphatic carbocycles. The van der Waals surface area contributed by atoms with Gasteiger partial charge >= 0.3 is 0 Å². The van der Waals surface area contributed by atoms with Gasteiger partial charge in [0, 0.05) is 0 Å². The minimum atomic E-state index is -3.93. The van der Waals surface area contributed by atoms with Crippen LogP contribution in [0.1, 0.15) is 37.3 Å². The van der Waals surface area contributed by atoms with E-state index in [4.69, 9.17) is 0 Å². The van der Waals surface area contributed by atoms with E-state index in [1.165, 1.54) is 33.6 Å². The summed E-state index contributed by atoms with van der Waals surface area (Å²) in [6.45, 7) is 3.42. The topological polar surface area (TPSA) is 130 Å². The Morgan fingerprint density at radius 2 is 0.969 bits per heavy atom. The first-order valence-corrected chi connectivity index (χ1v) is 12.7. The van der Waals surface area contributed by atoms with Crippen LogP contribution in [0.3, 0.4) is 0 Å². The molecule has 0 fully saturated rings. The molecule has 1 aliphatic heterocycles. The molecule has 2 unspecified atom stereocenters. The van der Waals surface area contributed by atoms with Crippen molar-refractivity contribution in [3.63, 3.8) is 0 Å². The van der Waals surface area contributed by atoms with Gasteiger partial charge in [-0.1, -0.05) is 46.8 Å². The molecule has 0 radical (unpaired) electrons. The first kappa shape index (κ1) is 20.5. The van der Waals surface area contributed by atoms with E-state index in [-0.39, 0.29) is 19.8 Å². The summed E-state index contributed by atoms with van der Waals surface area (Å²) in [6.07, 6.45) is 0. The number of rotatable bonds is 4. The fourth-order valence-electron chi connectivity index (χ4n) is 3.92. The smallest absolute Gasteiger partial charge is 0.227 e. The molecule has 5 rings (SSSR count). The molecular weight excluding hydrogens is 452 g/mol. The molecule has 2 aromatic carbocycles. The Morgan fingerprint density at radius 1 is 0.625 bits per heavy atom. The largest absolute Gasteiger partial charge is 0.237 e. The SMILES string of the molecule is CC1c2c(S(=O)(=O)c3ccccc3)nnn2C(C)c2c(S(=O)(=O)c3ccccc3)nnn21. The van der Waals surface area contributed by atoms with Crippen LogP contribution in [0.25, 0.3) is 0 Å². The summed E-state index contributed by atoms with van der Waals surface area (Å²) in [5, 5.41) is 15.7. The number of nitrogens with zero attached hydrogens (tertiary/aromatic N) is 6. The Hall–Kier alpha value is -3.38. The maximum atomic E-state index is 13.2. The Balaban J connectivity index is 1.66. The normalized spacial score (nSPS) is 18.2. The molecule has 0 amide bonds. The number of aromatic nitrogens is 6. The number of benzene rings is 2. The maximum Gasteiger partial charge on any atom is 0.227 e. The van der Waals surface area contributed by atoms with Crippen molar-refractivity contribution in [2.24, 2.45) is 0 Å². The van der Waals surface area contributed by atoms with Crippen LogP contribution in [-0.4, -0.2) is 46.8 Å². The molecule has 10 nitrogen and oxygen atoms in total. The lowest BCUT2D eigenvalue weighted by molar-refractivity contribution is 0.374. The lowest BCUT2D eigenvalue weighted by Crippen LogP contribution is -2.29. The maximum absolute atomic E-state index is 13.2. The van der Waals surface area contributed by atoms with Crippen molar-refractivity contribution in [3.8, 4) is 0 Å². The summed E-state index contributed by atoms with van der Waals surface area (Å²) in [6, 6.07) is 14.6. The van der Waals surface area contributed by atoms with Crippen LogP contribution < -0.4 is 0 Å². The zero-order chi connectivity index (χ0) is 22.7. The molecular formula is C20H18N6O4S2. The first-order chi connectivity index (χ1) is 15.2. The third-order valence-corrected chi connectivity index (χ3v) is 8.92. The zero-order valence-electron chi connectivity index (χ0n) is 17.1. The standard InChI is InChI=1S/C20H18N6O4S2/c1-13-17-19(31(27,28)15-9-5-3-6-10-15)21-24-26(17)14(2)18-20(22-23-25(13)18)32(29,30)16-11-7-4-8-12-16/h3-14H,1-2H3. The van der Waals surface area contributed by atoms with Gasteiger partial charge in [0.25, 0.3) is 0 Å². The molecule has 164 valence electrons. The highest BCUT2D eigenvalue weighted by Gasteiger charge is 2.41. The van der Waals surface area contributed by atoms with Crippen molar-refractivity contribution in [2.75, 3.05) is 0 Å². The highest BCUT2D eigenvalue weighted by molar-refractivity contribution is 7.91. The third-order valence-electron chi connectivity index (χ3n) is 5.54. The number of fused-ring (bicyclic) bond motifs is 2. The Bertz CT molecular complexity index is 1410. The Morgan fingerprint density at radius 3 is 1.31 bits per heavy atom. The molecule has 4 aromatic rings. The number of hydrogen-bond donors (Lipinski definition) is 0. The highest BCUT2D eigenvalue weighted by Crippen LogP contribution is 2.39. The van der Waals surface area contributed by atoms with E-state index in [0.717, 1.165) is 0 Å². The predicted molar refractivity (Wildman–Crippen MR) is 111 cm³/mol. The highest BCUT2D eigenvalue weighted by atomic mass is 32.2. The molecule has 32 heavy (non-hydrogen) atoms. The molecule has 0 saturated carbocycles. The molecule has 0 N–H and O–H groups in total. The van der Waals surface area contributed by atoms with Gasteiger partial charge in [-0.25, -0.2) is 26.2 Å². The van der Waals surface area contributed by atoms with E-state index >= 15 is 0 Å². The van der Waals surface area contributed by atoms with E-state index in [1.54, 1.807) is 50.2 Å². The summed E-state index contributed by atoms with van der Waals surface area (Å²) >= 11 is 0. The second kappa shape index (κ2) is 7.07. The predicted octanol–water partition coefficient (Wildman–Crippen LogP) is 2.07. The summed E-state index contributed by atoms with van der Waals surface area (Å²) in [7, 11) is -7.87. The Labute approximate surface area is 184 Å². The number of hydrogen-bond acceptors (Lipinski definition) is 8. The summed E-state index contributed by atoms with van der Waals surface area (Å²) in [5.74, 6) is 0. The quantitative estimate of drug-likeness (QED) is 0.443. The molecule has 1 aliphatic rings. The van der Waals surface area contributed by atoms with Crippen molar-refractivity contribution < 1.29 is 16.8 Å². The first-order valence-electron chi connectivity index (χ1n) is 9.75. The zero-order valence-corrected chi connectivity index (χ0v) is 18.7. The second-order valence-electron chi connectivity index (χ2n) is 7.43. The second-order valence-corrected chi connectivity index (χ2v) is 11.2. The van der Waals surface area contributed by atoms with Gasteiger partial charge < -0.3 is 0 Å². The van der Waals surface area contributed by atoms with Gasteiger partial charge in [-0.15, -0.1) is 10.2 Å². The van der Waals surface area contributed by atoms with E-state index in [1.807, 2.05) is 0 Å². The van der Waals surface area contributed by atoms with Crippen molar-refractivity contribution in [3.05, 3.63) is 72.1 Å². The lowest BCUT2D eigenvalue weighted by atomic mass is 10.1. The van der Waals surface area contributed by atoms with Crippen molar-refractivity contribution in [1.82, 2.24) is 30.0 Å². The van der Waals surface area contributed by atoms with Gasteiger partial charge in [-0.2, -0.15) is 0 Å². The van der Waals surface area contributed by atoms with E-state index in [9.17, 15) is 16.8 Å². The van der Waals surface area contributed by atoms with Crippen LogP contribution in [0, 0.1) is 0 Å². The summed E-state index contributed by atoms with van der Waals surface area (Å²) in [5.41, 5.74) is 0.643. The third kappa shape index (κ3) is 2.83. The van der Waals surface area contributed by atoms with Gasteiger partial charge in [-0.05, 0) is 38.1 Å². The number of sulfone groups is 2. The van der Waals surface area contributed by atoms with Crippen LogP contribution in [0.4, 0.5) is 0 Å². The van der Waals surface area contributed by atoms with Gasteiger partial charge in [-0.3, -0.25) is 0 Å². The van der Waals surface area contributed by atoms with Crippen LogP contribution in [0.5, 0.6) is 0 Å². The van der Waals surface area contributed by atoms with Gasteiger partial charge in [0.15, 0.2) is 0 Å². The summed E-state index contributed by atoms with van der Waals surface area (Å²) < 4.78 is 55.8. The molecule has 0 spiro atoms. The monoisotopic (exact) mass is 470 g/mol. The van der Waals surface area contributed by atoms with Crippen LogP contribution in [0.2, 0.25) is 0 Å². The molecule has 2 atom stereocenters. The van der Waals surface area contributed by atoms with Gasteiger partial charge in [0.2, 0.25) is 29.7 Å². The average Bonchev–Trinajstić information content (AvgIpc) is 3.45. The summed E-state index contributed by atoms with van der Waals surface area (Å²) in [4.78, 5) is 0.194. The van der Waals surface area contributed by atoms with Crippen molar-refractivity contribution in [1.29, 1.82) is 0 Å². The lowest BCUT2D eigenvalue weighted by Gasteiger charge is -2.27. The van der Waals surface area contributed by atoms with Crippen LogP contribution in [-0.2, 0) is 19.7 Å². The van der Waals surface area contributed by atoms with Gasteiger partial charge in [0.1, 0.15) is 11.4 Å². The molecule has 0 bridgehead atoms. The van der Waals surface area contributed by atoms with Crippen LogP contribution >= 0.6 is 0 Å². The minimum Gasteiger partial charge on any atom is -0.237 e. The molecule has 3 heterocycles. The van der Waals surface area contributed by atoms with E-state index in [0.29, 0.717) is 11.4 Å². The minimum absolute atomic E-state index is 0.0971. The molecule has 2 aromatic heterocycles. The average molecular weight is 471 g/mol. The van der Waals surface area contributed by atoms with E-state index < -0.39 is 31.8 Å². The fraction of sp³-hybridized carbons (Fsp3) is 0.200. The molecule has 0 saturated heterocycles. The van der Waals surface area contributed by atoms with Crippen molar-refractivity contribution >= 4 is 19.7 Å². The van der Waals surface area contributed by atoms with E-state index in [2.05, 4.69) is 20.6 Å². The Kier molecular flexibility index (Phi) is 4.53.